The molecule has 0 aliphatic rings. The summed E-state index contributed by atoms with van der Waals surface area (Å²) in [6, 6.07) is 2.76. The van der Waals surface area contributed by atoms with Crippen LogP contribution in [0, 0.1) is 10.1 Å². The molecule has 17 heavy (non-hydrogen) atoms. The lowest BCUT2D eigenvalue weighted by Gasteiger charge is -2.13. The fourth-order valence-electron chi connectivity index (χ4n) is 1.01. The second-order valence-electron chi connectivity index (χ2n) is 3.49. The van der Waals surface area contributed by atoms with Gasteiger partial charge in [-0.2, -0.15) is 0 Å². The predicted molar refractivity (Wildman–Crippen MR) is 65.7 cm³/mol. The summed E-state index contributed by atoms with van der Waals surface area (Å²) in [6.07, 6.45) is -0.587. The zero-order valence-electron chi connectivity index (χ0n) is 9.45. The van der Waals surface area contributed by atoms with Crippen LogP contribution in [0.1, 0.15) is 13.8 Å². The van der Waals surface area contributed by atoms with Crippen LogP contribution in [0.5, 0.6) is 0 Å². The fraction of sp³-hybridized carbons (Fsp3) is 0.444. The lowest BCUT2D eigenvalue weighted by molar-refractivity contribution is -0.388. The van der Waals surface area contributed by atoms with Crippen molar-refractivity contribution in [3.63, 3.8) is 0 Å². The highest BCUT2D eigenvalue weighted by Crippen LogP contribution is 2.32. The average Bonchev–Trinajstić information content (AvgIpc) is 2.28. The second kappa shape index (κ2) is 5.80. The third-order valence-corrected chi connectivity index (χ3v) is 3.45. The number of hydrogen-bond acceptors (Lipinski definition) is 7. The lowest BCUT2D eigenvalue weighted by atomic mass is 10.3. The van der Waals surface area contributed by atoms with E-state index in [2.05, 4.69) is 10.4 Å². The van der Waals surface area contributed by atoms with Crippen LogP contribution >= 0.6 is 11.8 Å². The zero-order valence-corrected chi connectivity index (χ0v) is 10.3. The highest BCUT2D eigenvalue weighted by molar-refractivity contribution is 8.00. The molecule has 2 atom stereocenters. The maximum atomic E-state index is 10.8. The number of anilines is 1. The van der Waals surface area contributed by atoms with Crippen LogP contribution < -0.4 is 11.3 Å². The van der Waals surface area contributed by atoms with E-state index in [1.54, 1.807) is 13.8 Å². The van der Waals surface area contributed by atoms with Crippen molar-refractivity contribution >= 4 is 23.3 Å². The zero-order chi connectivity index (χ0) is 13.0. The van der Waals surface area contributed by atoms with E-state index in [0.717, 1.165) is 11.8 Å². The van der Waals surface area contributed by atoms with Crippen molar-refractivity contribution in [2.24, 2.45) is 5.84 Å². The first kappa shape index (κ1) is 13.7. The molecule has 4 N–H and O–H groups in total. The van der Waals surface area contributed by atoms with Gasteiger partial charge in [-0.15, -0.1) is 0 Å². The molecule has 0 saturated heterocycles. The quantitative estimate of drug-likeness (QED) is 0.314. The number of hydrogen-bond donors (Lipinski definition) is 3. The number of aliphatic hydroxyl groups excluding tert-OH is 1. The summed E-state index contributed by atoms with van der Waals surface area (Å²) in [4.78, 5) is 14.3. The third-order valence-electron chi connectivity index (χ3n) is 2.16. The van der Waals surface area contributed by atoms with Crippen LogP contribution in [0.3, 0.4) is 0 Å². The van der Waals surface area contributed by atoms with Gasteiger partial charge in [0.15, 0.2) is 5.03 Å². The van der Waals surface area contributed by atoms with Gasteiger partial charge < -0.3 is 10.5 Å². The Bertz CT molecular complexity index is 413. The first-order valence-electron chi connectivity index (χ1n) is 4.92. The molecular formula is C9H14N4O3S. The van der Waals surface area contributed by atoms with E-state index in [1.165, 1.54) is 12.1 Å². The maximum absolute atomic E-state index is 10.8. The Labute approximate surface area is 103 Å². The molecule has 0 radical (unpaired) electrons. The largest absolute Gasteiger partial charge is 0.392 e. The molecule has 0 aromatic carbocycles. The number of nitrogen functional groups attached to an aromatic ring is 1. The van der Waals surface area contributed by atoms with Crippen LogP contribution in [0.4, 0.5) is 11.5 Å². The van der Waals surface area contributed by atoms with Gasteiger partial charge in [-0.25, -0.2) is 10.8 Å². The number of aliphatic hydroxyl groups is 1. The van der Waals surface area contributed by atoms with E-state index in [1.807, 2.05) is 0 Å². The van der Waals surface area contributed by atoms with Crippen molar-refractivity contribution in [1.29, 1.82) is 0 Å². The number of hydrazine groups is 1. The molecule has 0 fully saturated rings. The number of nitrogens with zero attached hydrogens (tertiary/aromatic N) is 2. The van der Waals surface area contributed by atoms with Crippen molar-refractivity contribution in [2.75, 3.05) is 5.43 Å². The summed E-state index contributed by atoms with van der Waals surface area (Å²) >= 11 is 1.14. The van der Waals surface area contributed by atoms with Gasteiger partial charge >= 0.3 is 5.69 Å². The Morgan fingerprint density at radius 1 is 1.59 bits per heavy atom. The first-order chi connectivity index (χ1) is 7.95. The smallest absolute Gasteiger partial charge is 0.301 e. The fourth-order valence-corrected chi connectivity index (χ4v) is 1.98. The standard InChI is InChI=1S/C9H14N4O3S/c1-5(14)6(2)17-9-7(13(15)16)3-4-8(11-9)12-10/h3-6,14H,10H2,1-2H3,(H,11,12). The molecule has 0 saturated carbocycles. The molecule has 7 nitrogen and oxygen atoms in total. The van der Waals surface area contributed by atoms with Gasteiger partial charge in [0, 0.05) is 11.3 Å². The van der Waals surface area contributed by atoms with Crippen LogP contribution in [0.2, 0.25) is 0 Å². The Balaban J connectivity index is 3.05. The minimum atomic E-state index is -0.587. The van der Waals surface area contributed by atoms with Gasteiger partial charge in [-0.05, 0) is 13.0 Å². The molecule has 1 aromatic heterocycles. The van der Waals surface area contributed by atoms with Gasteiger partial charge in [-0.3, -0.25) is 10.1 Å². The highest BCUT2D eigenvalue weighted by Gasteiger charge is 2.20. The van der Waals surface area contributed by atoms with Gasteiger partial charge in [0.2, 0.25) is 0 Å². The molecule has 0 aliphatic heterocycles. The van der Waals surface area contributed by atoms with E-state index in [0.29, 0.717) is 5.82 Å². The minimum absolute atomic E-state index is 0.0958. The van der Waals surface area contributed by atoms with Gasteiger partial charge in [-0.1, -0.05) is 18.7 Å². The first-order valence-corrected chi connectivity index (χ1v) is 5.80. The van der Waals surface area contributed by atoms with E-state index in [-0.39, 0.29) is 16.0 Å². The molecule has 0 spiro atoms. The van der Waals surface area contributed by atoms with Crippen LogP contribution in [0.25, 0.3) is 0 Å². The molecule has 0 bridgehead atoms. The van der Waals surface area contributed by atoms with Crippen molar-refractivity contribution in [2.45, 2.75) is 30.2 Å². The summed E-state index contributed by atoms with van der Waals surface area (Å²) in [5.74, 6) is 5.54. The Kier molecular flexibility index (Phi) is 4.67. The lowest BCUT2D eigenvalue weighted by Crippen LogP contribution is -2.16. The topological polar surface area (TPSA) is 114 Å². The van der Waals surface area contributed by atoms with Gasteiger partial charge in [0.1, 0.15) is 5.82 Å². The molecular weight excluding hydrogens is 244 g/mol. The molecule has 0 aliphatic carbocycles. The van der Waals surface area contributed by atoms with E-state index in [4.69, 9.17) is 5.84 Å². The Morgan fingerprint density at radius 2 is 2.24 bits per heavy atom. The molecule has 2 unspecified atom stereocenters. The third kappa shape index (κ3) is 3.55. The van der Waals surface area contributed by atoms with Gasteiger partial charge in [0.25, 0.3) is 0 Å². The van der Waals surface area contributed by atoms with Crippen molar-refractivity contribution in [3.8, 4) is 0 Å². The molecule has 0 amide bonds. The van der Waals surface area contributed by atoms with Crippen molar-refractivity contribution in [1.82, 2.24) is 4.98 Å². The molecule has 94 valence electrons. The van der Waals surface area contributed by atoms with E-state index < -0.39 is 11.0 Å². The molecule has 1 heterocycles. The Morgan fingerprint density at radius 3 is 2.71 bits per heavy atom. The number of thioether (sulfide) groups is 1. The Hall–Kier alpha value is -1.38. The van der Waals surface area contributed by atoms with Crippen LogP contribution in [-0.4, -0.2) is 26.4 Å². The number of nitrogens with two attached hydrogens (primary N) is 1. The van der Waals surface area contributed by atoms with Crippen LogP contribution in [0.15, 0.2) is 17.2 Å². The average molecular weight is 258 g/mol. The summed E-state index contributed by atoms with van der Waals surface area (Å²) in [6.45, 7) is 3.39. The van der Waals surface area contributed by atoms with Gasteiger partial charge in [0.05, 0.1) is 11.0 Å². The highest BCUT2D eigenvalue weighted by atomic mass is 32.2. The number of nitrogens with one attached hydrogen (secondary N) is 1. The normalized spacial score (nSPS) is 14.1. The molecule has 8 heteroatoms. The minimum Gasteiger partial charge on any atom is -0.392 e. The summed E-state index contributed by atoms with van der Waals surface area (Å²) in [5, 5.41) is 20.2. The number of nitro groups is 1. The maximum Gasteiger partial charge on any atom is 0.301 e. The van der Waals surface area contributed by atoms with Crippen molar-refractivity contribution in [3.05, 3.63) is 22.2 Å². The number of pyridine rings is 1. The molecule has 1 rings (SSSR count). The predicted octanol–water partition coefficient (Wildman–Crippen LogP) is 1.14. The number of aromatic nitrogens is 1. The molecule has 1 aromatic rings. The summed E-state index contributed by atoms with van der Waals surface area (Å²) in [7, 11) is 0. The monoisotopic (exact) mass is 258 g/mol. The van der Waals surface area contributed by atoms with E-state index in [9.17, 15) is 15.2 Å². The SMILES string of the molecule is CC(O)C(C)Sc1nc(NN)ccc1[N+](=O)[O-]. The van der Waals surface area contributed by atoms with E-state index >= 15 is 0 Å². The summed E-state index contributed by atoms with van der Waals surface area (Å²) in [5.41, 5.74) is 2.23. The van der Waals surface area contributed by atoms with Crippen LogP contribution in [-0.2, 0) is 0 Å². The number of rotatable bonds is 5. The second-order valence-corrected chi connectivity index (χ2v) is 4.85. The summed E-state index contributed by atoms with van der Waals surface area (Å²) < 4.78 is 0. The van der Waals surface area contributed by atoms with Crippen molar-refractivity contribution < 1.29 is 10.0 Å².